The van der Waals surface area contributed by atoms with Gasteiger partial charge in [0.25, 0.3) is 5.91 Å². The van der Waals surface area contributed by atoms with Crippen molar-refractivity contribution >= 4 is 34.8 Å². The molecule has 2 saturated heterocycles. The summed E-state index contributed by atoms with van der Waals surface area (Å²) in [5, 5.41) is 1.01. The molecule has 3 nitrogen and oxygen atoms in total. The van der Waals surface area contributed by atoms with Crippen molar-refractivity contribution in [3.8, 4) is 0 Å². The van der Waals surface area contributed by atoms with Gasteiger partial charge in [-0.1, -0.05) is 29.3 Å². The maximum Gasteiger partial charge on any atom is 0.254 e. The number of piperidine rings is 2. The number of benzene rings is 2. The lowest BCUT2D eigenvalue weighted by Gasteiger charge is -2.34. The molecule has 2 aromatic carbocycles. The van der Waals surface area contributed by atoms with Crippen molar-refractivity contribution in [2.24, 2.45) is 0 Å². The van der Waals surface area contributed by atoms with Gasteiger partial charge in [0.1, 0.15) is 0 Å². The van der Waals surface area contributed by atoms with Crippen molar-refractivity contribution in [3.63, 3.8) is 0 Å². The zero-order chi connectivity index (χ0) is 19.3. The van der Waals surface area contributed by atoms with Gasteiger partial charge in [-0.2, -0.15) is 0 Å². The van der Waals surface area contributed by atoms with Crippen molar-refractivity contribution in [2.75, 3.05) is 24.5 Å². The number of nitrogens with zero attached hydrogens (tertiary/aromatic N) is 2. The minimum absolute atomic E-state index is 0.0316. The van der Waals surface area contributed by atoms with Crippen LogP contribution in [0.15, 0.2) is 36.4 Å². The number of hydrogen-bond donors (Lipinski definition) is 0. The molecule has 3 aliphatic rings. The van der Waals surface area contributed by atoms with Crippen LogP contribution in [-0.2, 0) is 0 Å². The Bertz CT molecular complexity index is 903. The molecule has 0 N–H and O–H groups in total. The van der Waals surface area contributed by atoms with Crippen LogP contribution in [0.4, 0.5) is 5.69 Å². The van der Waals surface area contributed by atoms with Crippen LogP contribution < -0.4 is 4.90 Å². The third-order valence-electron chi connectivity index (χ3n) is 6.56. The first-order valence-corrected chi connectivity index (χ1v) is 11.0. The molecule has 2 aromatic rings. The van der Waals surface area contributed by atoms with Crippen LogP contribution in [0.25, 0.3) is 0 Å². The molecule has 1 aliphatic carbocycles. The number of carbonyl (C=O) groups is 1. The van der Waals surface area contributed by atoms with Gasteiger partial charge in [-0.05, 0) is 79.5 Å². The Hall–Kier alpha value is -1.71. The minimum Gasteiger partial charge on any atom is -0.372 e. The van der Waals surface area contributed by atoms with E-state index in [0.717, 1.165) is 32.5 Å². The van der Waals surface area contributed by atoms with E-state index in [4.69, 9.17) is 23.2 Å². The summed E-state index contributed by atoms with van der Waals surface area (Å²) < 4.78 is 0. The number of amides is 1. The van der Waals surface area contributed by atoms with E-state index in [2.05, 4.69) is 23.1 Å². The fourth-order valence-corrected chi connectivity index (χ4v) is 5.73. The summed E-state index contributed by atoms with van der Waals surface area (Å²) >= 11 is 12.3. The molecule has 1 amide bonds. The van der Waals surface area contributed by atoms with E-state index in [-0.39, 0.29) is 11.9 Å². The smallest absolute Gasteiger partial charge is 0.254 e. The van der Waals surface area contributed by atoms with Gasteiger partial charge in [-0.15, -0.1) is 0 Å². The summed E-state index contributed by atoms with van der Waals surface area (Å²) in [6.45, 7) is 3.05. The van der Waals surface area contributed by atoms with E-state index in [9.17, 15) is 4.79 Å². The summed E-state index contributed by atoms with van der Waals surface area (Å²) in [6.07, 6.45) is 5.91. The van der Waals surface area contributed by atoms with Crippen molar-refractivity contribution < 1.29 is 4.79 Å². The number of rotatable bonds is 2. The molecule has 0 radical (unpaired) electrons. The number of hydrogen-bond acceptors (Lipinski definition) is 2. The van der Waals surface area contributed by atoms with Crippen LogP contribution in [0.5, 0.6) is 0 Å². The third-order valence-corrected chi connectivity index (χ3v) is 7.00. The summed E-state index contributed by atoms with van der Waals surface area (Å²) in [5.74, 6) is 0.603. The molecule has 2 bridgehead atoms. The molecule has 146 valence electrons. The fraction of sp³-hybridized carbons (Fsp3) is 0.435. The maximum atomic E-state index is 13.3. The van der Waals surface area contributed by atoms with E-state index in [1.54, 1.807) is 18.2 Å². The highest BCUT2D eigenvalue weighted by molar-refractivity contribution is 6.35. The van der Waals surface area contributed by atoms with Crippen molar-refractivity contribution in [2.45, 2.75) is 44.1 Å². The van der Waals surface area contributed by atoms with Crippen molar-refractivity contribution in [1.29, 1.82) is 0 Å². The van der Waals surface area contributed by atoms with Crippen molar-refractivity contribution in [1.82, 2.24) is 4.90 Å². The Kier molecular flexibility index (Phi) is 4.76. The predicted molar refractivity (Wildman–Crippen MR) is 115 cm³/mol. The minimum atomic E-state index is 0.0316. The molecule has 2 heterocycles. The second-order valence-electron chi connectivity index (χ2n) is 8.25. The lowest BCUT2D eigenvalue weighted by molar-refractivity contribution is 0.0620. The van der Waals surface area contributed by atoms with E-state index in [1.807, 2.05) is 4.90 Å². The molecule has 28 heavy (non-hydrogen) atoms. The Morgan fingerprint density at radius 1 is 0.893 bits per heavy atom. The summed E-state index contributed by atoms with van der Waals surface area (Å²) in [5.41, 5.74) is 4.66. The van der Waals surface area contributed by atoms with Crippen LogP contribution in [0.1, 0.15) is 65.5 Å². The normalized spacial score (nSPS) is 23.6. The first-order chi connectivity index (χ1) is 13.6. The van der Waals surface area contributed by atoms with Gasteiger partial charge in [0.05, 0.1) is 6.04 Å². The average molecular weight is 415 g/mol. The molecule has 0 spiro atoms. The first kappa shape index (κ1) is 18.3. The van der Waals surface area contributed by atoms with E-state index < -0.39 is 0 Å². The third kappa shape index (κ3) is 3.19. The second-order valence-corrected chi connectivity index (χ2v) is 9.13. The highest BCUT2D eigenvalue weighted by atomic mass is 35.5. The molecule has 0 aromatic heterocycles. The zero-order valence-corrected chi connectivity index (χ0v) is 17.3. The number of halogens is 2. The maximum absolute atomic E-state index is 13.3. The van der Waals surface area contributed by atoms with Gasteiger partial charge in [0, 0.05) is 40.9 Å². The Labute approximate surface area is 176 Å². The van der Waals surface area contributed by atoms with Gasteiger partial charge < -0.3 is 9.80 Å². The highest BCUT2D eigenvalue weighted by Crippen LogP contribution is 2.50. The lowest BCUT2D eigenvalue weighted by atomic mass is 9.95. The first-order valence-electron chi connectivity index (χ1n) is 10.3. The number of anilines is 1. The zero-order valence-electron chi connectivity index (χ0n) is 15.8. The highest BCUT2D eigenvalue weighted by Gasteiger charge is 2.41. The number of likely N-dealkylation sites (tertiary alicyclic amines) is 1. The topological polar surface area (TPSA) is 23.6 Å². The van der Waals surface area contributed by atoms with Gasteiger partial charge in [-0.3, -0.25) is 4.79 Å². The van der Waals surface area contributed by atoms with Gasteiger partial charge in [0.15, 0.2) is 0 Å². The Morgan fingerprint density at radius 2 is 1.64 bits per heavy atom. The van der Waals surface area contributed by atoms with Crippen LogP contribution in [0.2, 0.25) is 10.0 Å². The van der Waals surface area contributed by atoms with E-state index in [1.165, 1.54) is 36.1 Å². The molecule has 5 rings (SSSR count). The Balaban J connectivity index is 1.47. The summed E-state index contributed by atoms with van der Waals surface area (Å²) in [7, 11) is 0. The lowest BCUT2D eigenvalue weighted by Crippen LogP contribution is -2.37. The van der Waals surface area contributed by atoms with E-state index in [0.29, 0.717) is 21.5 Å². The average Bonchev–Trinajstić information content (AvgIpc) is 2.99. The predicted octanol–water partition coefficient (Wildman–Crippen LogP) is 6.06. The monoisotopic (exact) mass is 414 g/mol. The number of fused-ring (bicyclic) bond motifs is 5. The molecule has 0 saturated carbocycles. The van der Waals surface area contributed by atoms with Gasteiger partial charge in [-0.25, -0.2) is 0 Å². The summed E-state index contributed by atoms with van der Waals surface area (Å²) in [6, 6.07) is 12.2. The second kappa shape index (κ2) is 7.27. The molecule has 2 atom stereocenters. The van der Waals surface area contributed by atoms with Crippen LogP contribution >= 0.6 is 23.2 Å². The Morgan fingerprint density at radius 3 is 2.39 bits per heavy atom. The number of carbonyl (C=O) groups excluding carboxylic acids is 1. The van der Waals surface area contributed by atoms with Crippen LogP contribution in [-0.4, -0.2) is 30.4 Å². The summed E-state index contributed by atoms with van der Waals surface area (Å²) in [4.78, 5) is 17.8. The van der Waals surface area contributed by atoms with Crippen molar-refractivity contribution in [3.05, 3.63) is 63.1 Å². The van der Waals surface area contributed by atoms with Gasteiger partial charge in [0.2, 0.25) is 0 Å². The molecule has 2 aliphatic heterocycles. The largest absolute Gasteiger partial charge is 0.372 e. The molecular weight excluding hydrogens is 391 g/mol. The SMILES string of the molecule is O=C(c1cc(Cl)cc(Cl)c1)N1CCC2C[C@@H]1c1cc(N3CCCCC3)ccc12. The fourth-order valence-electron chi connectivity index (χ4n) is 5.20. The quantitative estimate of drug-likeness (QED) is 0.596. The van der Waals surface area contributed by atoms with E-state index >= 15 is 0 Å². The molecular formula is C23H24Cl2N2O. The molecule has 2 fully saturated rings. The molecule has 1 unspecified atom stereocenters. The van der Waals surface area contributed by atoms with Gasteiger partial charge >= 0.3 is 0 Å². The molecule has 5 heteroatoms. The van der Waals surface area contributed by atoms with Crippen LogP contribution in [0, 0.1) is 0 Å². The van der Waals surface area contributed by atoms with Crippen LogP contribution in [0.3, 0.4) is 0 Å². The standard InChI is InChI=1S/C23H24Cl2N2O/c24-17-10-16(11-18(25)13-17)23(28)27-9-6-15-12-22(27)21-14-19(4-5-20(15)21)26-7-2-1-3-8-26/h4-5,10-11,13-15,22H,1-3,6-9,12H2/t15?,22-/m1/s1.